The second-order valence-corrected chi connectivity index (χ2v) is 5.26. The first-order valence-corrected chi connectivity index (χ1v) is 6.74. The van der Waals surface area contributed by atoms with Gasteiger partial charge in [0, 0.05) is 32.7 Å². The molecule has 3 rings (SSSR count). The largest absolute Gasteiger partial charge is 0.390 e. The zero-order chi connectivity index (χ0) is 12.4. The van der Waals surface area contributed by atoms with Gasteiger partial charge in [0.1, 0.15) is 5.82 Å². The Kier molecular flexibility index (Phi) is 3.43. The van der Waals surface area contributed by atoms with Gasteiger partial charge in [0.25, 0.3) is 0 Å². The summed E-state index contributed by atoms with van der Waals surface area (Å²) in [6, 6.07) is 0. The van der Waals surface area contributed by atoms with Crippen molar-refractivity contribution in [1.82, 2.24) is 14.9 Å². The van der Waals surface area contributed by atoms with E-state index in [1.54, 1.807) is 12.4 Å². The van der Waals surface area contributed by atoms with Crippen LogP contribution in [0.1, 0.15) is 18.5 Å². The summed E-state index contributed by atoms with van der Waals surface area (Å²) in [5.41, 5.74) is 0.631. The van der Waals surface area contributed by atoms with Crippen molar-refractivity contribution in [2.45, 2.75) is 19.4 Å². The normalized spacial score (nSPS) is 21.3. The van der Waals surface area contributed by atoms with Gasteiger partial charge in [-0.3, -0.25) is 9.88 Å². The van der Waals surface area contributed by atoms with Gasteiger partial charge in [-0.1, -0.05) is 0 Å². The summed E-state index contributed by atoms with van der Waals surface area (Å²) in [5, 5.41) is 8.94. The smallest absolute Gasteiger partial charge is 0.147 e. The van der Waals surface area contributed by atoms with E-state index in [0.717, 1.165) is 37.9 Å². The fraction of sp³-hybridized carbons (Fsp3) is 0.692. The van der Waals surface area contributed by atoms with E-state index < -0.39 is 0 Å². The molecule has 2 fully saturated rings. The Morgan fingerprint density at radius 1 is 1.11 bits per heavy atom. The highest BCUT2D eigenvalue weighted by Crippen LogP contribution is 2.30. The average molecular weight is 248 g/mol. The molecule has 1 N–H and O–H groups in total. The van der Waals surface area contributed by atoms with Crippen molar-refractivity contribution in [2.75, 3.05) is 37.6 Å². The summed E-state index contributed by atoms with van der Waals surface area (Å²) >= 11 is 0. The number of aliphatic hydroxyl groups is 1. The molecule has 1 aromatic heterocycles. The Bertz CT molecular complexity index is 382. The Labute approximate surface area is 107 Å². The van der Waals surface area contributed by atoms with Crippen LogP contribution in [0.25, 0.3) is 0 Å². The third kappa shape index (κ3) is 2.79. The average Bonchev–Trinajstić information content (AvgIpc) is 3.24. The number of rotatable bonds is 4. The van der Waals surface area contributed by atoms with E-state index in [0.29, 0.717) is 5.69 Å². The van der Waals surface area contributed by atoms with Crippen molar-refractivity contribution in [1.29, 1.82) is 0 Å². The minimum atomic E-state index is -0.0392. The zero-order valence-electron chi connectivity index (χ0n) is 10.6. The molecule has 0 radical (unpaired) electrons. The summed E-state index contributed by atoms with van der Waals surface area (Å²) in [4.78, 5) is 13.4. The third-order valence-corrected chi connectivity index (χ3v) is 3.76. The minimum absolute atomic E-state index is 0.0392. The molecule has 18 heavy (non-hydrogen) atoms. The predicted molar refractivity (Wildman–Crippen MR) is 69.3 cm³/mol. The maximum atomic E-state index is 8.94. The summed E-state index contributed by atoms with van der Waals surface area (Å²) in [6.07, 6.45) is 6.27. The van der Waals surface area contributed by atoms with E-state index >= 15 is 0 Å². The van der Waals surface area contributed by atoms with E-state index in [2.05, 4.69) is 19.8 Å². The van der Waals surface area contributed by atoms with Crippen LogP contribution >= 0.6 is 0 Å². The van der Waals surface area contributed by atoms with Crippen LogP contribution < -0.4 is 4.90 Å². The molecule has 5 heteroatoms. The number of aliphatic hydroxyl groups excluding tert-OH is 1. The molecular formula is C13H20N4O. The molecule has 1 aliphatic carbocycles. The fourth-order valence-electron chi connectivity index (χ4n) is 2.42. The first kappa shape index (κ1) is 11.9. The van der Waals surface area contributed by atoms with Crippen LogP contribution in [0, 0.1) is 5.92 Å². The van der Waals surface area contributed by atoms with Crippen molar-refractivity contribution in [3.63, 3.8) is 0 Å². The molecule has 5 nitrogen and oxygen atoms in total. The Morgan fingerprint density at radius 2 is 1.89 bits per heavy atom. The molecule has 2 heterocycles. The molecule has 0 bridgehead atoms. The predicted octanol–water partition coefficient (Wildman–Crippen LogP) is 0.501. The van der Waals surface area contributed by atoms with E-state index in [1.807, 2.05) is 0 Å². The second-order valence-electron chi connectivity index (χ2n) is 5.26. The van der Waals surface area contributed by atoms with Crippen molar-refractivity contribution < 1.29 is 5.11 Å². The Morgan fingerprint density at radius 3 is 2.44 bits per heavy atom. The van der Waals surface area contributed by atoms with Gasteiger partial charge in [0.2, 0.25) is 0 Å². The maximum absolute atomic E-state index is 8.94. The number of nitrogens with zero attached hydrogens (tertiary/aromatic N) is 4. The Balaban J connectivity index is 1.54. The monoisotopic (exact) mass is 248 g/mol. The number of hydrogen-bond donors (Lipinski definition) is 1. The standard InChI is InChI=1S/C13H20N4O/c18-10-12-7-15-13(8-14-12)17-5-3-16(4-6-17)9-11-1-2-11/h7-8,11,18H,1-6,9-10H2. The van der Waals surface area contributed by atoms with E-state index in [1.165, 1.54) is 19.4 Å². The minimum Gasteiger partial charge on any atom is -0.390 e. The lowest BCUT2D eigenvalue weighted by molar-refractivity contribution is 0.247. The summed E-state index contributed by atoms with van der Waals surface area (Å²) in [5.74, 6) is 1.90. The lowest BCUT2D eigenvalue weighted by atomic mass is 10.3. The number of piperazine rings is 1. The molecule has 0 spiro atoms. The van der Waals surface area contributed by atoms with Crippen LogP contribution in [-0.4, -0.2) is 52.7 Å². The lowest BCUT2D eigenvalue weighted by Crippen LogP contribution is -2.47. The van der Waals surface area contributed by atoms with Crippen molar-refractivity contribution >= 4 is 5.82 Å². The van der Waals surface area contributed by atoms with Gasteiger partial charge in [0.05, 0.1) is 24.7 Å². The van der Waals surface area contributed by atoms with Gasteiger partial charge < -0.3 is 10.0 Å². The molecule has 0 atom stereocenters. The van der Waals surface area contributed by atoms with Crippen molar-refractivity contribution in [2.24, 2.45) is 5.92 Å². The molecule has 1 aliphatic heterocycles. The van der Waals surface area contributed by atoms with Gasteiger partial charge in [0.15, 0.2) is 0 Å². The lowest BCUT2D eigenvalue weighted by Gasteiger charge is -2.35. The van der Waals surface area contributed by atoms with Crippen LogP contribution in [0.3, 0.4) is 0 Å². The van der Waals surface area contributed by atoms with Crippen LogP contribution in [0.2, 0.25) is 0 Å². The first-order chi connectivity index (χ1) is 8.85. The number of aromatic nitrogens is 2. The fourth-order valence-corrected chi connectivity index (χ4v) is 2.42. The Hall–Kier alpha value is -1.20. The van der Waals surface area contributed by atoms with Gasteiger partial charge in [-0.15, -0.1) is 0 Å². The zero-order valence-corrected chi connectivity index (χ0v) is 10.6. The summed E-state index contributed by atoms with van der Waals surface area (Å²) < 4.78 is 0. The molecule has 1 saturated carbocycles. The van der Waals surface area contributed by atoms with Crippen LogP contribution in [0.5, 0.6) is 0 Å². The highest BCUT2D eigenvalue weighted by atomic mass is 16.3. The number of hydrogen-bond acceptors (Lipinski definition) is 5. The van der Waals surface area contributed by atoms with E-state index in [4.69, 9.17) is 5.11 Å². The van der Waals surface area contributed by atoms with Gasteiger partial charge in [-0.05, 0) is 18.8 Å². The topological polar surface area (TPSA) is 52.5 Å². The summed E-state index contributed by atoms with van der Waals surface area (Å²) in [6.45, 7) is 5.55. The van der Waals surface area contributed by atoms with Crippen LogP contribution in [0.15, 0.2) is 12.4 Å². The van der Waals surface area contributed by atoms with Crippen molar-refractivity contribution in [3.05, 3.63) is 18.1 Å². The number of anilines is 1. The molecule has 2 aliphatic rings. The highest BCUT2D eigenvalue weighted by molar-refractivity contribution is 5.36. The van der Waals surface area contributed by atoms with E-state index in [-0.39, 0.29) is 6.61 Å². The second kappa shape index (κ2) is 5.20. The molecule has 98 valence electrons. The van der Waals surface area contributed by atoms with Crippen LogP contribution in [0.4, 0.5) is 5.82 Å². The van der Waals surface area contributed by atoms with Crippen molar-refractivity contribution in [3.8, 4) is 0 Å². The molecule has 0 amide bonds. The third-order valence-electron chi connectivity index (χ3n) is 3.76. The van der Waals surface area contributed by atoms with Gasteiger partial charge in [-0.2, -0.15) is 0 Å². The van der Waals surface area contributed by atoms with Crippen LogP contribution in [-0.2, 0) is 6.61 Å². The first-order valence-electron chi connectivity index (χ1n) is 6.74. The van der Waals surface area contributed by atoms with Gasteiger partial charge >= 0.3 is 0 Å². The molecular weight excluding hydrogens is 228 g/mol. The summed E-state index contributed by atoms with van der Waals surface area (Å²) in [7, 11) is 0. The molecule has 0 aromatic carbocycles. The molecule has 1 saturated heterocycles. The highest BCUT2D eigenvalue weighted by Gasteiger charge is 2.26. The van der Waals surface area contributed by atoms with E-state index in [9.17, 15) is 0 Å². The molecule has 0 unspecified atom stereocenters. The maximum Gasteiger partial charge on any atom is 0.147 e. The SMILES string of the molecule is OCc1cnc(N2CCN(CC3CC3)CC2)cn1. The molecule has 1 aromatic rings. The quantitative estimate of drug-likeness (QED) is 0.841. The van der Waals surface area contributed by atoms with Gasteiger partial charge in [-0.25, -0.2) is 4.98 Å².